The van der Waals surface area contributed by atoms with Crippen LogP contribution in [0.15, 0.2) is 72.8 Å². The Morgan fingerprint density at radius 1 is 0.977 bits per heavy atom. The van der Waals surface area contributed by atoms with Crippen LogP contribution >= 0.6 is 34.8 Å². The Hall–Kier alpha value is -2.96. The van der Waals surface area contributed by atoms with Crippen LogP contribution in [0.5, 0.6) is 0 Å². The number of piperazine rings is 1. The molecule has 0 aliphatic carbocycles. The van der Waals surface area contributed by atoms with Gasteiger partial charge < -0.3 is 24.8 Å². The maximum atomic E-state index is 12.2. The van der Waals surface area contributed by atoms with Gasteiger partial charge in [-0.15, -0.1) is 0 Å². The molecule has 3 atom stereocenters. The van der Waals surface area contributed by atoms with Gasteiger partial charge in [0.25, 0.3) is 15.4 Å². The molecule has 3 aromatic carbocycles. The van der Waals surface area contributed by atoms with E-state index in [1.807, 2.05) is 30.3 Å². The van der Waals surface area contributed by atoms with Gasteiger partial charge in [0, 0.05) is 68.2 Å². The van der Waals surface area contributed by atoms with E-state index in [0.717, 1.165) is 43.0 Å². The van der Waals surface area contributed by atoms with E-state index in [1.165, 1.54) is 12.1 Å². The predicted molar refractivity (Wildman–Crippen MR) is 166 cm³/mol. The number of nitro benzene ring substituents is 1. The van der Waals surface area contributed by atoms with E-state index in [1.54, 1.807) is 30.3 Å². The van der Waals surface area contributed by atoms with Gasteiger partial charge in [-0.1, -0.05) is 71.2 Å². The highest BCUT2D eigenvalue weighted by Gasteiger charge is 2.35. The Balaban J connectivity index is 1.28. The molecule has 13 heteroatoms. The van der Waals surface area contributed by atoms with Gasteiger partial charge in [-0.2, -0.15) is 0 Å². The highest BCUT2D eigenvalue weighted by atomic mass is 35.6. The van der Waals surface area contributed by atoms with Crippen molar-refractivity contribution in [1.82, 2.24) is 4.90 Å². The summed E-state index contributed by atoms with van der Waals surface area (Å²) >= 11 is 17.2. The van der Waals surface area contributed by atoms with Crippen LogP contribution in [0.25, 0.3) is 0 Å². The van der Waals surface area contributed by atoms with Crippen molar-refractivity contribution in [2.24, 2.45) is 0 Å². The maximum absolute atomic E-state index is 12.2. The molecule has 1 amide bonds. The number of rotatable bonds is 8. The molecule has 3 unspecified atom stereocenters. The number of hydrogen-bond acceptors (Lipinski definition) is 8. The summed E-state index contributed by atoms with van der Waals surface area (Å²) in [6.45, 7) is 3.80. The second-order valence-electron chi connectivity index (χ2n) is 10.5. The first-order chi connectivity index (χ1) is 20.6. The molecule has 43 heavy (non-hydrogen) atoms. The molecular weight excluding hydrogens is 619 g/mol. The molecule has 0 bridgehead atoms. The van der Waals surface area contributed by atoms with E-state index in [2.05, 4.69) is 15.1 Å². The van der Waals surface area contributed by atoms with Crippen molar-refractivity contribution in [2.75, 3.05) is 42.9 Å². The highest BCUT2D eigenvalue weighted by molar-refractivity contribution is 6.76. The molecule has 10 nitrogen and oxygen atoms in total. The fourth-order valence-corrected chi connectivity index (χ4v) is 5.40. The van der Waals surface area contributed by atoms with Crippen molar-refractivity contribution in [3.8, 4) is 0 Å². The van der Waals surface area contributed by atoms with E-state index in [4.69, 9.17) is 44.3 Å². The number of alkyl halides is 3. The number of ether oxygens (including phenoxy) is 2. The Kier molecular flexibility index (Phi) is 10.1. The fourth-order valence-electron chi connectivity index (χ4n) is 5.26. The second-order valence-corrected chi connectivity index (χ2v) is 12.8. The molecular formula is C30H31Cl3N4O6. The largest absolute Gasteiger partial charge is 0.392 e. The first-order valence-electron chi connectivity index (χ1n) is 13.8. The van der Waals surface area contributed by atoms with E-state index in [9.17, 15) is 20.0 Å². The second kappa shape index (κ2) is 13.8. The number of nitrogens with zero attached hydrogens (tertiary/aromatic N) is 3. The van der Waals surface area contributed by atoms with Crippen LogP contribution in [-0.4, -0.2) is 63.5 Å². The van der Waals surface area contributed by atoms with E-state index in [-0.39, 0.29) is 24.5 Å². The maximum Gasteiger partial charge on any atom is 0.276 e. The minimum absolute atomic E-state index is 0.0429. The van der Waals surface area contributed by atoms with Crippen molar-refractivity contribution < 1.29 is 24.3 Å². The van der Waals surface area contributed by atoms with Crippen LogP contribution in [0.1, 0.15) is 35.5 Å². The fraction of sp³-hybridized carbons (Fsp3) is 0.367. The van der Waals surface area contributed by atoms with Crippen molar-refractivity contribution in [3.05, 3.63) is 99.6 Å². The van der Waals surface area contributed by atoms with Crippen LogP contribution in [-0.2, 0) is 20.9 Å². The van der Waals surface area contributed by atoms with Gasteiger partial charge >= 0.3 is 0 Å². The summed E-state index contributed by atoms with van der Waals surface area (Å²) in [5.74, 6) is -0.771. The lowest BCUT2D eigenvalue weighted by Gasteiger charge is -2.41. The SMILES string of the molecule is O=C(Nc1cccc(C2OC(CN3CCN(c4ccc([N+](=O)[O-])cc4)CC3)CC(c3ccc(CO)cc3)O2)c1)C(Cl)(Cl)Cl. The number of nitro groups is 1. The third-order valence-electron chi connectivity index (χ3n) is 7.55. The minimum atomic E-state index is -2.10. The van der Waals surface area contributed by atoms with E-state index in [0.29, 0.717) is 24.2 Å². The van der Waals surface area contributed by atoms with E-state index >= 15 is 0 Å². The number of halogens is 3. The van der Waals surface area contributed by atoms with Crippen LogP contribution in [0.4, 0.5) is 17.1 Å². The van der Waals surface area contributed by atoms with Crippen LogP contribution < -0.4 is 10.2 Å². The van der Waals surface area contributed by atoms with E-state index < -0.39 is 20.9 Å². The Morgan fingerprint density at radius 2 is 1.67 bits per heavy atom. The molecule has 2 heterocycles. The van der Waals surface area contributed by atoms with Gasteiger partial charge in [0.2, 0.25) is 0 Å². The molecule has 2 saturated heterocycles. The number of carbonyl (C=O) groups is 1. The average molecular weight is 650 g/mol. The predicted octanol–water partition coefficient (Wildman–Crippen LogP) is 5.76. The van der Waals surface area contributed by atoms with Gasteiger partial charge in [0.05, 0.1) is 23.7 Å². The van der Waals surface area contributed by atoms with Crippen LogP contribution in [0, 0.1) is 10.1 Å². The Labute approximate surface area is 264 Å². The quantitative estimate of drug-likeness (QED) is 0.180. The number of nitrogens with one attached hydrogen (secondary N) is 1. The summed E-state index contributed by atoms with van der Waals surface area (Å²) in [7, 11) is 0. The lowest BCUT2D eigenvalue weighted by Crippen LogP contribution is -2.49. The van der Waals surface area contributed by atoms with Gasteiger partial charge in [-0.25, -0.2) is 0 Å². The molecule has 0 aromatic heterocycles. The van der Waals surface area contributed by atoms with Crippen molar-refractivity contribution >= 4 is 57.8 Å². The first kappa shape index (κ1) is 31.5. The standard InChI is InChI=1S/C30H31Cl3N4O6/c31-30(32,33)29(39)34-23-3-1-2-22(16-23)28-42-26(17-27(43-28)21-6-4-20(19-38)5-7-21)18-35-12-14-36(15-13-35)24-8-10-25(11-9-24)37(40)41/h1-11,16,26-28,38H,12-15,17-19H2,(H,34,39). The van der Waals surface area contributed by atoms with Crippen molar-refractivity contribution in [1.29, 1.82) is 0 Å². The number of aliphatic hydroxyl groups excluding tert-OH is 1. The van der Waals surface area contributed by atoms with Gasteiger partial charge in [0.15, 0.2) is 6.29 Å². The summed E-state index contributed by atoms with van der Waals surface area (Å²) in [6.07, 6.45) is -0.516. The number of hydrogen-bond donors (Lipinski definition) is 2. The van der Waals surface area contributed by atoms with Crippen LogP contribution in [0.3, 0.4) is 0 Å². The van der Waals surface area contributed by atoms with Gasteiger partial charge in [-0.3, -0.25) is 19.8 Å². The number of non-ortho nitro benzene ring substituents is 1. The third kappa shape index (κ3) is 8.16. The molecule has 0 saturated carbocycles. The van der Waals surface area contributed by atoms with Crippen molar-refractivity contribution in [3.63, 3.8) is 0 Å². The minimum Gasteiger partial charge on any atom is -0.392 e. The summed E-state index contributed by atoms with van der Waals surface area (Å²) in [4.78, 5) is 27.4. The molecule has 5 rings (SSSR count). The zero-order valence-corrected chi connectivity index (χ0v) is 25.3. The lowest BCUT2D eigenvalue weighted by molar-refractivity contribution is -0.384. The average Bonchev–Trinajstić information content (AvgIpc) is 3.01. The monoisotopic (exact) mass is 648 g/mol. The molecule has 2 aliphatic heterocycles. The van der Waals surface area contributed by atoms with Gasteiger partial charge in [-0.05, 0) is 35.4 Å². The van der Waals surface area contributed by atoms with Crippen LogP contribution in [0.2, 0.25) is 0 Å². The zero-order chi connectivity index (χ0) is 30.6. The molecule has 2 N–H and O–H groups in total. The summed E-state index contributed by atoms with van der Waals surface area (Å²) in [5.41, 5.74) is 3.96. The molecule has 0 spiro atoms. The third-order valence-corrected chi connectivity index (χ3v) is 8.06. The first-order valence-corrected chi connectivity index (χ1v) is 14.9. The lowest BCUT2D eigenvalue weighted by atomic mass is 9.99. The van der Waals surface area contributed by atoms with Crippen molar-refractivity contribution in [2.45, 2.75) is 35.3 Å². The summed E-state index contributed by atoms with van der Waals surface area (Å²) in [5, 5.41) is 23.1. The Morgan fingerprint density at radius 3 is 2.30 bits per heavy atom. The normalized spacial score (nSPS) is 21.4. The molecule has 228 valence electrons. The summed E-state index contributed by atoms with van der Waals surface area (Å²) < 4.78 is 10.8. The molecule has 2 fully saturated rings. The smallest absolute Gasteiger partial charge is 0.276 e. The number of carbonyl (C=O) groups excluding carboxylic acids is 1. The number of aliphatic hydroxyl groups is 1. The topological polar surface area (TPSA) is 117 Å². The molecule has 2 aliphatic rings. The number of amides is 1. The number of benzene rings is 3. The number of anilines is 2. The summed E-state index contributed by atoms with van der Waals surface area (Å²) in [6, 6.07) is 21.3. The van der Waals surface area contributed by atoms with Gasteiger partial charge in [0.1, 0.15) is 0 Å². The Bertz CT molecular complexity index is 1410. The molecule has 3 aromatic rings. The highest BCUT2D eigenvalue weighted by Crippen LogP contribution is 2.39. The molecule has 0 radical (unpaired) electrons. The zero-order valence-electron chi connectivity index (χ0n) is 23.1.